The van der Waals surface area contributed by atoms with Gasteiger partial charge < -0.3 is 14.7 Å². The third-order valence-corrected chi connectivity index (χ3v) is 5.12. The van der Waals surface area contributed by atoms with E-state index in [-0.39, 0.29) is 0 Å². The van der Waals surface area contributed by atoms with Crippen molar-refractivity contribution in [2.75, 3.05) is 26.7 Å². The molecule has 110 valence electrons. The zero-order valence-corrected chi connectivity index (χ0v) is 12.6. The van der Waals surface area contributed by atoms with E-state index >= 15 is 0 Å². The van der Waals surface area contributed by atoms with Crippen LogP contribution < -0.4 is 4.74 Å². The molecule has 4 nitrogen and oxygen atoms in total. The van der Waals surface area contributed by atoms with Crippen LogP contribution in [0, 0.1) is 19.8 Å². The van der Waals surface area contributed by atoms with Crippen molar-refractivity contribution in [2.24, 2.45) is 5.92 Å². The Morgan fingerprint density at radius 1 is 1.45 bits per heavy atom. The first-order chi connectivity index (χ1) is 9.53. The van der Waals surface area contributed by atoms with Crippen LogP contribution in [0.3, 0.4) is 0 Å². The molecule has 0 saturated carbocycles. The van der Waals surface area contributed by atoms with Gasteiger partial charge in [0.05, 0.1) is 12.7 Å². The van der Waals surface area contributed by atoms with E-state index in [1.807, 2.05) is 20.0 Å². The van der Waals surface area contributed by atoms with Gasteiger partial charge in [0.15, 0.2) is 0 Å². The summed E-state index contributed by atoms with van der Waals surface area (Å²) >= 11 is 0. The maximum atomic E-state index is 11.1. The van der Waals surface area contributed by atoms with Crippen LogP contribution in [0.5, 0.6) is 5.75 Å². The minimum Gasteiger partial charge on any atom is -0.496 e. The fourth-order valence-corrected chi connectivity index (χ4v) is 3.80. The Labute approximate surface area is 120 Å². The van der Waals surface area contributed by atoms with Gasteiger partial charge in [0.2, 0.25) is 0 Å². The summed E-state index contributed by atoms with van der Waals surface area (Å²) in [6.45, 7) is 7.23. The van der Waals surface area contributed by atoms with E-state index in [2.05, 4.69) is 9.88 Å². The van der Waals surface area contributed by atoms with Gasteiger partial charge >= 0.3 is 0 Å². The monoisotopic (exact) mass is 276 g/mol. The molecule has 2 fully saturated rings. The summed E-state index contributed by atoms with van der Waals surface area (Å²) in [6.07, 6.45) is 4.47. The average molecular weight is 276 g/mol. The minimum absolute atomic E-state index is 0.393. The van der Waals surface area contributed by atoms with Crippen LogP contribution in [0.1, 0.15) is 29.7 Å². The van der Waals surface area contributed by atoms with Crippen LogP contribution in [-0.2, 0) is 6.42 Å². The molecule has 0 amide bonds. The van der Waals surface area contributed by atoms with E-state index in [0.717, 1.165) is 55.0 Å². The molecular formula is C16H24N2O2. The van der Waals surface area contributed by atoms with Crippen molar-refractivity contribution in [1.29, 1.82) is 0 Å². The highest BCUT2D eigenvalue weighted by molar-refractivity contribution is 5.41. The third-order valence-electron chi connectivity index (χ3n) is 5.12. The van der Waals surface area contributed by atoms with Gasteiger partial charge in [-0.3, -0.25) is 4.98 Å². The molecule has 2 bridgehead atoms. The molecule has 1 aromatic heterocycles. The summed E-state index contributed by atoms with van der Waals surface area (Å²) in [7, 11) is 1.70. The zero-order chi connectivity index (χ0) is 14.3. The second kappa shape index (κ2) is 5.01. The molecular weight excluding hydrogens is 252 g/mol. The Bertz CT molecular complexity index is 517. The first-order valence-electron chi connectivity index (χ1n) is 7.47. The van der Waals surface area contributed by atoms with E-state index in [1.54, 1.807) is 7.11 Å². The molecule has 3 heterocycles. The maximum absolute atomic E-state index is 11.1. The lowest BCUT2D eigenvalue weighted by Crippen LogP contribution is -2.48. The predicted molar refractivity (Wildman–Crippen MR) is 78.1 cm³/mol. The van der Waals surface area contributed by atoms with Gasteiger partial charge in [-0.1, -0.05) is 0 Å². The lowest BCUT2D eigenvalue weighted by Gasteiger charge is -2.39. The second-order valence-electron chi connectivity index (χ2n) is 6.36. The van der Waals surface area contributed by atoms with Crippen LogP contribution >= 0.6 is 0 Å². The Morgan fingerprint density at radius 3 is 3.00 bits per heavy atom. The maximum Gasteiger partial charge on any atom is 0.128 e. The highest BCUT2D eigenvalue weighted by Crippen LogP contribution is 2.38. The van der Waals surface area contributed by atoms with Crippen LogP contribution in [0.15, 0.2) is 6.20 Å². The van der Waals surface area contributed by atoms with Crippen molar-refractivity contribution in [3.05, 3.63) is 23.0 Å². The fourth-order valence-electron chi connectivity index (χ4n) is 3.80. The number of rotatable bonds is 3. The Balaban J connectivity index is 1.87. The van der Waals surface area contributed by atoms with Gasteiger partial charge in [-0.05, 0) is 33.2 Å². The number of aliphatic hydroxyl groups is 1. The summed E-state index contributed by atoms with van der Waals surface area (Å²) in [4.78, 5) is 7.01. The van der Waals surface area contributed by atoms with E-state index in [1.165, 1.54) is 0 Å². The van der Waals surface area contributed by atoms with Crippen molar-refractivity contribution in [3.8, 4) is 5.75 Å². The average Bonchev–Trinajstić information content (AvgIpc) is 2.85. The molecule has 1 aromatic rings. The number of methoxy groups -OCH3 is 1. The predicted octanol–water partition coefficient (Wildman–Crippen LogP) is 1.71. The van der Waals surface area contributed by atoms with Crippen molar-refractivity contribution in [1.82, 2.24) is 9.88 Å². The van der Waals surface area contributed by atoms with Crippen LogP contribution in [0.25, 0.3) is 0 Å². The molecule has 0 aliphatic carbocycles. The van der Waals surface area contributed by atoms with E-state index < -0.39 is 5.60 Å². The van der Waals surface area contributed by atoms with Crippen molar-refractivity contribution < 1.29 is 9.84 Å². The Kier molecular flexibility index (Phi) is 3.46. The summed E-state index contributed by atoms with van der Waals surface area (Å²) in [5.41, 5.74) is 2.51. The number of pyridine rings is 1. The van der Waals surface area contributed by atoms with Gasteiger partial charge in [-0.2, -0.15) is 0 Å². The molecule has 3 unspecified atom stereocenters. The standard InChI is InChI=1S/C16H24N2O2/c1-11-9-17-14(12(2)15(11)20-3)8-16(19)5-7-18-6-4-13(16)10-18/h9,13,19H,4-8,10H2,1-3H3. The number of nitrogens with zero attached hydrogens (tertiary/aromatic N) is 2. The molecule has 2 aliphatic rings. The highest BCUT2D eigenvalue weighted by atomic mass is 16.5. The molecule has 0 spiro atoms. The third kappa shape index (κ3) is 2.21. The van der Waals surface area contributed by atoms with Gasteiger partial charge in [0.1, 0.15) is 5.75 Å². The van der Waals surface area contributed by atoms with E-state index in [9.17, 15) is 5.11 Å². The largest absolute Gasteiger partial charge is 0.496 e. The molecule has 4 heteroatoms. The summed E-state index contributed by atoms with van der Waals surface area (Å²) in [5, 5.41) is 11.1. The molecule has 0 radical (unpaired) electrons. The molecule has 20 heavy (non-hydrogen) atoms. The second-order valence-corrected chi connectivity index (χ2v) is 6.36. The first-order valence-corrected chi connectivity index (χ1v) is 7.47. The van der Waals surface area contributed by atoms with E-state index in [4.69, 9.17) is 4.74 Å². The van der Waals surface area contributed by atoms with Gasteiger partial charge in [0, 0.05) is 48.4 Å². The van der Waals surface area contributed by atoms with E-state index in [0.29, 0.717) is 12.3 Å². The van der Waals surface area contributed by atoms with Crippen molar-refractivity contribution in [2.45, 2.75) is 38.7 Å². The highest BCUT2D eigenvalue weighted by Gasteiger charge is 2.45. The molecule has 2 saturated heterocycles. The van der Waals surface area contributed by atoms with Crippen molar-refractivity contribution >= 4 is 0 Å². The summed E-state index contributed by atoms with van der Waals surface area (Å²) in [5.74, 6) is 1.30. The quantitative estimate of drug-likeness (QED) is 0.913. The number of piperidine rings is 1. The summed E-state index contributed by atoms with van der Waals surface area (Å²) in [6, 6.07) is 0. The van der Waals surface area contributed by atoms with Gasteiger partial charge in [-0.25, -0.2) is 0 Å². The minimum atomic E-state index is -0.592. The first kappa shape index (κ1) is 13.8. The Morgan fingerprint density at radius 2 is 2.25 bits per heavy atom. The number of hydrogen-bond acceptors (Lipinski definition) is 4. The number of hydrogen-bond donors (Lipinski definition) is 1. The SMILES string of the molecule is COc1c(C)cnc(CC2(O)CCN3CCC2C3)c1C. The topological polar surface area (TPSA) is 45.6 Å². The lowest BCUT2D eigenvalue weighted by molar-refractivity contribution is -0.0447. The molecule has 0 aromatic carbocycles. The number of fused-ring (bicyclic) bond motifs is 2. The molecule has 3 rings (SSSR count). The number of ether oxygens (including phenoxy) is 1. The summed E-state index contributed by atoms with van der Waals surface area (Å²) < 4.78 is 5.47. The Hall–Kier alpha value is -1.13. The molecule has 3 atom stereocenters. The van der Waals surface area contributed by atoms with Crippen LogP contribution in [0.2, 0.25) is 0 Å². The van der Waals surface area contributed by atoms with Gasteiger partial charge in [-0.15, -0.1) is 0 Å². The smallest absolute Gasteiger partial charge is 0.128 e. The zero-order valence-electron chi connectivity index (χ0n) is 12.6. The fraction of sp³-hybridized carbons (Fsp3) is 0.688. The molecule has 2 aliphatic heterocycles. The number of aromatic nitrogens is 1. The molecule has 1 N–H and O–H groups in total. The lowest BCUT2D eigenvalue weighted by atomic mass is 9.78. The van der Waals surface area contributed by atoms with Crippen molar-refractivity contribution in [3.63, 3.8) is 0 Å². The van der Waals surface area contributed by atoms with Crippen LogP contribution in [-0.4, -0.2) is 47.3 Å². The van der Waals surface area contributed by atoms with Crippen LogP contribution in [0.4, 0.5) is 0 Å². The van der Waals surface area contributed by atoms with Gasteiger partial charge in [0.25, 0.3) is 0 Å². The normalized spacial score (nSPS) is 32.4. The number of aryl methyl sites for hydroxylation is 1.